The SMILES string of the molecule is CCCCCCCC(F)c1ccc(-c2ccc(OC(=O)C3CCC(CCCCC)CC3)c(F)c2F)nc1F. The van der Waals surface area contributed by atoms with Gasteiger partial charge in [0.1, 0.15) is 6.17 Å². The Morgan fingerprint density at radius 1 is 0.895 bits per heavy atom. The van der Waals surface area contributed by atoms with Gasteiger partial charge in [0.25, 0.3) is 0 Å². The van der Waals surface area contributed by atoms with Crippen LogP contribution in [0, 0.1) is 29.4 Å². The van der Waals surface area contributed by atoms with Crippen LogP contribution in [0.4, 0.5) is 17.6 Å². The van der Waals surface area contributed by atoms with Crippen LogP contribution >= 0.6 is 0 Å². The molecule has 0 bridgehead atoms. The Labute approximate surface area is 224 Å². The molecule has 0 spiro atoms. The highest BCUT2D eigenvalue weighted by Gasteiger charge is 2.29. The molecular weight excluding hydrogens is 494 g/mol. The van der Waals surface area contributed by atoms with Crippen molar-refractivity contribution >= 4 is 5.97 Å². The molecule has 38 heavy (non-hydrogen) atoms. The van der Waals surface area contributed by atoms with Gasteiger partial charge in [0.15, 0.2) is 11.6 Å². The number of hydrogen-bond acceptors (Lipinski definition) is 3. The lowest BCUT2D eigenvalue weighted by atomic mass is 9.80. The summed E-state index contributed by atoms with van der Waals surface area (Å²) in [7, 11) is 0. The standard InChI is InChI=1S/C31H41F4NO2/c1-3-5-7-8-10-12-25(32)23-17-19-26(36-30(23)35)24-18-20-27(29(34)28(24)33)38-31(37)22-15-13-21(14-16-22)11-9-6-4-2/h17-22,25H,3-16H2,1-2H3. The zero-order valence-corrected chi connectivity index (χ0v) is 22.7. The number of aromatic nitrogens is 1. The molecule has 0 aliphatic heterocycles. The van der Waals surface area contributed by atoms with E-state index in [0.29, 0.717) is 25.2 Å². The number of carbonyl (C=O) groups is 1. The minimum atomic E-state index is -1.51. The number of halogens is 4. The molecule has 1 aliphatic carbocycles. The summed E-state index contributed by atoms with van der Waals surface area (Å²) in [6.45, 7) is 4.26. The number of benzene rings is 1. The first-order valence-electron chi connectivity index (χ1n) is 14.4. The number of alkyl halides is 1. The zero-order chi connectivity index (χ0) is 27.5. The van der Waals surface area contributed by atoms with Gasteiger partial charge in [-0.1, -0.05) is 71.6 Å². The fraction of sp³-hybridized carbons (Fsp3) is 0.613. The minimum Gasteiger partial charge on any atom is -0.423 e. The summed E-state index contributed by atoms with van der Waals surface area (Å²) in [4.78, 5) is 16.3. The van der Waals surface area contributed by atoms with Crippen molar-refractivity contribution in [1.29, 1.82) is 0 Å². The van der Waals surface area contributed by atoms with Crippen LogP contribution in [-0.2, 0) is 4.79 Å². The zero-order valence-electron chi connectivity index (χ0n) is 22.7. The average molecular weight is 536 g/mol. The Balaban J connectivity index is 1.60. The molecule has 3 rings (SSSR count). The van der Waals surface area contributed by atoms with E-state index in [-0.39, 0.29) is 29.2 Å². The van der Waals surface area contributed by atoms with Gasteiger partial charge in [0, 0.05) is 11.1 Å². The smallest absolute Gasteiger partial charge is 0.314 e. The normalized spacial score (nSPS) is 18.4. The van der Waals surface area contributed by atoms with Crippen molar-refractivity contribution in [3.8, 4) is 17.0 Å². The summed E-state index contributed by atoms with van der Waals surface area (Å²) < 4.78 is 64.1. The van der Waals surface area contributed by atoms with Crippen LogP contribution in [0.2, 0.25) is 0 Å². The summed E-state index contributed by atoms with van der Waals surface area (Å²) in [6.07, 6.45) is 11.4. The Hall–Kier alpha value is -2.44. The van der Waals surface area contributed by atoms with Crippen molar-refractivity contribution < 1.29 is 27.1 Å². The summed E-state index contributed by atoms with van der Waals surface area (Å²) in [5, 5.41) is 0. The lowest BCUT2D eigenvalue weighted by Crippen LogP contribution is -2.26. The monoisotopic (exact) mass is 535 g/mol. The fourth-order valence-electron chi connectivity index (χ4n) is 5.28. The van der Waals surface area contributed by atoms with Crippen LogP contribution in [0.15, 0.2) is 24.3 Å². The third kappa shape index (κ3) is 8.28. The molecule has 1 unspecified atom stereocenters. The second-order valence-corrected chi connectivity index (χ2v) is 10.6. The van der Waals surface area contributed by atoms with Crippen molar-refractivity contribution in [3.05, 3.63) is 47.4 Å². The summed E-state index contributed by atoms with van der Waals surface area (Å²) >= 11 is 0. The second kappa shape index (κ2) is 15.2. The van der Waals surface area contributed by atoms with E-state index < -0.39 is 35.5 Å². The van der Waals surface area contributed by atoms with Gasteiger partial charge in [-0.25, -0.2) is 13.8 Å². The maximum Gasteiger partial charge on any atom is 0.314 e. The topological polar surface area (TPSA) is 39.2 Å². The molecule has 0 N–H and O–H groups in total. The van der Waals surface area contributed by atoms with E-state index in [0.717, 1.165) is 51.0 Å². The maximum atomic E-state index is 14.9. The molecule has 1 aliphatic rings. The van der Waals surface area contributed by atoms with Gasteiger partial charge < -0.3 is 4.74 Å². The van der Waals surface area contributed by atoms with Gasteiger partial charge >= 0.3 is 5.97 Å². The Kier molecular flexibility index (Phi) is 12.1. The molecule has 0 saturated heterocycles. The molecule has 0 radical (unpaired) electrons. The Morgan fingerprint density at radius 3 is 2.26 bits per heavy atom. The fourth-order valence-corrected chi connectivity index (χ4v) is 5.28. The highest BCUT2D eigenvalue weighted by atomic mass is 19.2. The molecule has 2 aromatic rings. The molecule has 1 saturated carbocycles. The number of hydrogen-bond donors (Lipinski definition) is 0. The van der Waals surface area contributed by atoms with E-state index >= 15 is 0 Å². The number of pyridine rings is 1. The van der Waals surface area contributed by atoms with Gasteiger partial charge in [0.2, 0.25) is 11.8 Å². The second-order valence-electron chi connectivity index (χ2n) is 10.6. The Bertz CT molecular complexity index is 1040. The largest absolute Gasteiger partial charge is 0.423 e. The lowest BCUT2D eigenvalue weighted by molar-refractivity contribution is -0.140. The number of ether oxygens (including phenoxy) is 1. The van der Waals surface area contributed by atoms with Gasteiger partial charge in [-0.05, 0) is 62.3 Å². The average Bonchev–Trinajstić information content (AvgIpc) is 2.91. The molecule has 1 aromatic heterocycles. The van der Waals surface area contributed by atoms with E-state index in [9.17, 15) is 22.4 Å². The molecule has 210 valence electrons. The molecule has 1 aromatic carbocycles. The van der Waals surface area contributed by atoms with Crippen molar-refractivity contribution in [2.24, 2.45) is 11.8 Å². The van der Waals surface area contributed by atoms with Crippen LogP contribution < -0.4 is 4.74 Å². The molecular formula is C31H41F4NO2. The molecule has 7 heteroatoms. The molecule has 1 fully saturated rings. The van der Waals surface area contributed by atoms with Crippen molar-refractivity contribution in [2.45, 2.75) is 110 Å². The molecule has 3 nitrogen and oxygen atoms in total. The van der Waals surface area contributed by atoms with Gasteiger partial charge in [-0.15, -0.1) is 0 Å². The van der Waals surface area contributed by atoms with Gasteiger partial charge in [-0.3, -0.25) is 4.79 Å². The van der Waals surface area contributed by atoms with Crippen molar-refractivity contribution in [1.82, 2.24) is 4.98 Å². The number of esters is 1. The van der Waals surface area contributed by atoms with Crippen molar-refractivity contribution in [3.63, 3.8) is 0 Å². The minimum absolute atomic E-state index is 0.155. The van der Waals surface area contributed by atoms with Crippen LogP contribution in [-0.4, -0.2) is 11.0 Å². The van der Waals surface area contributed by atoms with Crippen LogP contribution in [0.5, 0.6) is 5.75 Å². The number of rotatable bonds is 14. The molecule has 1 heterocycles. The van der Waals surface area contributed by atoms with E-state index in [1.165, 1.54) is 37.5 Å². The van der Waals surface area contributed by atoms with E-state index in [1.807, 2.05) is 0 Å². The number of nitrogens with zero attached hydrogens (tertiary/aromatic N) is 1. The van der Waals surface area contributed by atoms with E-state index in [1.54, 1.807) is 0 Å². The quantitative estimate of drug-likeness (QED) is 0.0794. The first kappa shape index (κ1) is 30.1. The third-order valence-electron chi connectivity index (χ3n) is 7.71. The predicted molar refractivity (Wildman–Crippen MR) is 142 cm³/mol. The first-order chi connectivity index (χ1) is 18.3. The number of unbranched alkanes of at least 4 members (excludes halogenated alkanes) is 6. The Morgan fingerprint density at radius 2 is 1.58 bits per heavy atom. The summed E-state index contributed by atoms with van der Waals surface area (Å²) in [6, 6.07) is 4.88. The number of carbonyl (C=O) groups excluding carboxylic acids is 1. The maximum absolute atomic E-state index is 14.9. The van der Waals surface area contributed by atoms with Gasteiger partial charge in [0.05, 0.1) is 11.6 Å². The van der Waals surface area contributed by atoms with E-state index in [4.69, 9.17) is 4.74 Å². The predicted octanol–water partition coefficient (Wildman–Crippen LogP) is 9.83. The van der Waals surface area contributed by atoms with Gasteiger partial charge in [-0.2, -0.15) is 8.78 Å². The van der Waals surface area contributed by atoms with E-state index in [2.05, 4.69) is 18.8 Å². The highest BCUT2D eigenvalue weighted by Crippen LogP contribution is 2.35. The lowest BCUT2D eigenvalue weighted by Gasteiger charge is -2.27. The van der Waals surface area contributed by atoms with Crippen LogP contribution in [0.3, 0.4) is 0 Å². The van der Waals surface area contributed by atoms with Crippen molar-refractivity contribution in [2.75, 3.05) is 0 Å². The summed E-state index contributed by atoms with van der Waals surface area (Å²) in [5.41, 5.74) is -0.622. The summed E-state index contributed by atoms with van der Waals surface area (Å²) in [5.74, 6) is -4.43. The molecule has 0 amide bonds. The molecule has 1 atom stereocenters. The van der Waals surface area contributed by atoms with Crippen LogP contribution in [0.25, 0.3) is 11.3 Å². The third-order valence-corrected chi connectivity index (χ3v) is 7.71. The van der Waals surface area contributed by atoms with Crippen LogP contribution in [0.1, 0.15) is 115 Å². The highest BCUT2D eigenvalue weighted by molar-refractivity contribution is 5.75. The first-order valence-corrected chi connectivity index (χ1v) is 14.4.